The minimum absolute atomic E-state index is 0.167. The second-order valence-corrected chi connectivity index (χ2v) is 4.44. The van der Waals surface area contributed by atoms with Crippen LogP contribution in [-0.2, 0) is 4.79 Å². The van der Waals surface area contributed by atoms with Gasteiger partial charge in [0.15, 0.2) is 0 Å². The second-order valence-electron chi connectivity index (χ2n) is 3.46. The van der Waals surface area contributed by atoms with Crippen molar-refractivity contribution >= 4 is 17.2 Å². The maximum Gasteiger partial charge on any atom is 0.245 e. The van der Waals surface area contributed by atoms with Gasteiger partial charge in [-0.05, 0) is 25.5 Å². The Kier molecular flexibility index (Phi) is 4.74. The molecule has 0 aliphatic heterocycles. The van der Waals surface area contributed by atoms with Gasteiger partial charge in [-0.1, -0.05) is 6.07 Å². The smallest absolute Gasteiger partial charge is 0.245 e. The van der Waals surface area contributed by atoms with Crippen molar-refractivity contribution in [3.8, 4) is 0 Å². The van der Waals surface area contributed by atoms with Crippen molar-refractivity contribution in [2.45, 2.75) is 6.04 Å². The Balaban J connectivity index is 2.56. The van der Waals surface area contributed by atoms with E-state index < -0.39 is 6.61 Å². The van der Waals surface area contributed by atoms with Crippen molar-refractivity contribution in [2.24, 2.45) is 0 Å². The fourth-order valence-electron chi connectivity index (χ4n) is 1.28. The molecular formula is C10H16N2O2S. The normalized spacial score (nSPS) is 12.8. The lowest BCUT2D eigenvalue weighted by atomic mass is 10.2. The number of likely N-dealkylation sites (N-methyl/N-ethyl adjacent to an activating group) is 1. The summed E-state index contributed by atoms with van der Waals surface area (Å²) in [4.78, 5) is 14.2. The zero-order valence-electron chi connectivity index (χ0n) is 8.93. The molecule has 1 aromatic rings. The number of aliphatic hydroxyl groups excluding tert-OH is 1. The van der Waals surface area contributed by atoms with E-state index in [9.17, 15) is 4.79 Å². The average molecular weight is 228 g/mol. The topological polar surface area (TPSA) is 52.6 Å². The van der Waals surface area contributed by atoms with Crippen LogP contribution in [0.25, 0.3) is 0 Å². The Bertz CT molecular complexity index is 298. The molecule has 0 aliphatic carbocycles. The highest BCUT2D eigenvalue weighted by Gasteiger charge is 2.15. The Hall–Kier alpha value is -0.910. The lowest BCUT2D eigenvalue weighted by Gasteiger charge is -2.23. The Labute approximate surface area is 93.5 Å². The van der Waals surface area contributed by atoms with E-state index in [1.54, 1.807) is 11.3 Å². The molecule has 0 aromatic carbocycles. The summed E-state index contributed by atoms with van der Waals surface area (Å²) in [6, 6.07) is 4.20. The van der Waals surface area contributed by atoms with Crippen LogP contribution >= 0.6 is 11.3 Å². The van der Waals surface area contributed by atoms with Crippen molar-refractivity contribution < 1.29 is 9.90 Å². The van der Waals surface area contributed by atoms with Gasteiger partial charge in [0.25, 0.3) is 0 Å². The SMILES string of the molecule is CN(C)C(CNC(=O)CO)c1cccs1. The summed E-state index contributed by atoms with van der Waals surface area (Å²) in [5.74, 6) is -0.335. The molecule has 4 nitrogen and oxygen atoms in total. The van der Waals surface area contributed by atoms with E-state index in [4.69, 9.17) is 5.11 Å². The predicted molar refractivity (Wildman–Crippen MR) is 60.8 cm³/mol. The highest BCUT2D eigenvalue weighted by molar-refractivity contribution is 7.10. The van der Waals surface area contributed by atoms with E-state index in [1.807, 2.05) is 36.5 Å². The first-order chi connectivity index (χ1) is 7.15. The molecule has 0 saturated carbocycles. The summed E-state index contributed by atoms with van der Waals surface area (Å²) in [6.07, 6.45) is 0. The van der Waals surface area contributed by atoms with Crippen molar-refractivity contribution in [3.05, 3.63) is 22.4 Å². The summed E-state index contributed by atoms with van der Waals surface area (Å²) in [6.45, 7) is 0.0670. The van der Waals surface area contributed by atoms with E-state index in [2.05, 4.69) is 5.32 Å². The third kappa shape index (κ3) is 3.62. The van der Waals surface area contributed by atoms with Crippen LogP contribution < -0.4 is 5.32 Å². The first kappa shape index (κ1) is 12.2. The van der Waals surface area contributed by atoms with Gasteiger partial charge in [-0.25, -0.2) is 0 Å². The van der Waals surface area contributed by atoms with E-state index in [1.165, 1.54) is 4.88 Å². The van der Waals surface area contributed by atoms with Gasteiger partial charge in [-0.15, -0.1) is 11.3 Å². The first-order valence-electron chi connectivity index (χ1n) is 4.72. The third-order valence-electron chi connectivity index (χ3n) is 2.13. The summed E-state index contributed by atoms with van der Waals surface area (Å²) in [5, 5.41) is 13.3. The minimum atomic E-state index is -0.454. The van der Waals surface area contributed by atoms with Crippen LogP contribution in [0.3, 0.4) is 0 Å². The summed E-state index contributed by atoms with van der Waals surface area (Å²) < 4.78 is 0. The van der Waals surface area contributed by atoms with Crippen LogP contribution in [0.4, 0.5) is 0 Å². The van der Waals surface area contributed by atoms with Crippen LogP contribution in [0.5, 0.6) is 0 Å². The van der Waals surface area contributed by atoms with Crippen LogP contribution in [0, 0.1) is 0 Å². The lowest BCUT2D eigenvalue weighted by molar-refractivity contribution is -0.124. The number of carbonyl (C=O) groups excluding carboxylic acids is 1. The molecule has 15 heavy (non-hydrogen) atoms. The number of carbonyl (C=O) groups is 1. The number of thiophene rings is 1. The molecule has 1 heterocycles. The molecular weight excluding hydrogens is 212 g/mol. The molecule has 0 radical (unpaired) electrons. The molecule has 0 fully saturated rings. The highest BCUT2D eigenvalue weighted by atomic mass is 32.1. The largest absolute Gasteiger partial charge is 0.387 e. The predicted octanol–water partition coefficient (Wildman–Crippen LogP) is 0.459. The van der Waals surface area contributed by atoms with E-state index in [0.29, 0.717) is 6.54 Å². The average Bonchev–Trinajstić information content (AvgIpc) is 2.70. The molecule has 1 atom stereocenters. The van der Waals surface area contributed by atoms with Crippen LogP contribution in [0.1, 0.15) is 10.9 Å². The van der Waals surface area contributed by atoms with Gasteiger partial charge in [0.05, 0.1) is 6.04 Å². The molecule has 0 aliphatic rings. The molecule has 84 valence electrons. The minimum Gasteiger partial charge on any atom is -0.387 e. The quantitative estimate of drug-likeness (QED) is 0.770. The van der Waals surface area contributed by atoms with Gasteiger partial charge >= 0.3 is 0 Å². The standard InChI is InChI=1S/C10H16N2O2S/c1-12(2)8(6-11-10(14)7-13)9-4-3-5-15-9/h3-5,8,13H,6-7H2,1-2H3,(H,11,14). The Morgan fingerprint density at radius 1 is 1.67 bits per heavy atom. The number of hydrogen-bond donors (Lipinski definition) is 2. The fraction of sp³-hybridized carbons (Fsp3) is 0.500. The molecule has 2 N–H and O–H groups in total. The van der Waals surface area contributed by atoms with Crippen molar-refractivity contribution in [1.82, 2.24) is 10.2 Å². The van der Waals surface area contributed by atoms with E-state index in [0.717, 1.165) is 0 Å². The maximum atomic E-state index is 10.9. The van der Waals surface area contributed by atoms with Crippen LogP contribution in [-0.4, -0.2) is 43.2 Å². The maximum absolute atomic E-state index is 10.9. The summed E-state index contributed by atoms with van der Waals surface area (Å²) >= 11 is 1.66. The molecule has 0 spiro atoms. The molecule has 0 saturated heterocycles. The molecule has 0 bridgehead atoms. The van der Waals surface area contributed by atoms with Crippen LogP contribution in [0.15, 0.2) is 17.5 Å². The van der Waals surface area contributed by atoms with Gasteiger partial charge in [0.1, 0.15) is 6.61 Å². The number of aliphatic hydroxyl groups is 1. The molecule has 1 unspecified atom stereocenters. The molecule has 1 aromatic heterocycles. The number of rotatable bonds is 5. The summed E-state index contributed by atoms with van der Waals surface area (Å²) in [7, 11) is 3.94. The zero-order valence-corrected chi connectivity index (χ0v) is 9.75. The number of nitrogens with zero attached hydrogens (tertiary/aromatic N) is 1. The van der Waals surface area contributed by atoms with Crippen molar-refractivity contribution in [3.63, 3.8) is 0 Å². The van der Waals surface area contributed by atoms with Crippen molar-refractivity contribution in [2.75, 3.05) is 27.2 Å². The second kappa shape index (κ2) is 5.85. The Morgan fingerprint density at radius 3 is 2.87 bits per heavy atom. The lowest BCUT2D eigenvalue weighted by Crippen LogP contribution is -2.35. The fourth-order valence-corrected chi connectivity index (χ4v) is 2.21. The summed E-state index contributed by atoms with van der Waals surface area (Å²) in [5.41, 5.74) is 0. The van der Waals surface area contributed by atoms with Gasteiger partial charge in [-0.3, -0.25) is 4.79 Å². The van der Waals surface area contributed by atoms with Crippen LogP contribution in [0.2, 0.25) is 0 Å². The van der Waals surface area contributed by atoms with Crippen molar-refractivity contribution in [1.29, 1.82) is 0 Å². The van der Waals surface area contributed by atoms with Gasteiger partial charge in [0, 0.05) is 11.4 Å². The van der Waals surface area contributed by atoms with Gasteiger partial charge in [-0.2, -0.15) is 0 Å². The number of amides is 1. The zero-order chi connectivity index (χ0) is 11.3. The molecule has 1 amide bonds. The van der Waals surface area contributed by atoms with E-state index >= 15 is 0 Å². The van der Waals surface area contributed by atoms with E-state index in [-0.39, 0.29) is 11.9 Å². The number of nitrogens with one attached hydrogen (secondary N) is 1. The molecule has 1 rings (SSSR count). The highest BCUT2D eigenvalue weighted by Crippen LogP contribution is 2.22. The third-order valence-corrected chi connectivity index (χ3v) is 3.10. The number of hydrogen-bond acceptors (Lipinski definition) is 4. The monoisotopic (exact) mass is 228 g/mol. The van der Waals surface area contributed by atoms with Gasteiger partial charge in [0.2, 0.25) is 5.91 Å². The van der Waals surface area contributed by atoms with Gasteiger partial charge < -0.3 is 15.3 Å². The Morgan fingerprint density at radius 2 is 2.40 bits per heavy atom. The first-order valence-corrected chi connectivity index (χ1v) is 5.60. The molecule has 5 heteroatoms.